The summed E-state index contributed by atoms with van der Waals surface area (Å²) in [6.07, 6.45) is 3.41. The number of rotatable bonds is 6. The Hall–Kier alpha value is -4.00. The molecule has 172 valence electrons. The Labute approximate surface area is 197 Å². The summed E-state index contributed by atoms with van der Waals surface area (Å²) >= 11 is 0. The topological polar surface area (TPSA) is 98.3 Å². The Morgan fingerprint density at radius 2 is 1.76 bits per heavy atom. The number of carbonyl (C=O) groups excluding carboxylic acids is 1. The van der Waals surface area contributed by atoms with E-state index < -0.39 is 10.3 Å². The number of carbonyl (C=O) groups is 1. The Morgan fingerprint density at radius 3 is 2.44 bits per heavy atom. The van der Waals surface area contributed by atoms with Crippen molar-refractivity contribution in [2.75, 3.05) is 0 Å². The molecule has 1 N–H and O–H groups in total. The fourth-order valence-corrected chi connectivity index (χ4v) is 4.81. The first-order valence-corrected chi connectivity index (χ1v) is 11.4. The van der Waals surface area contributed by atoms with Gasteiger partial charge in [0.2, 0.25) is 11.8 Å². The van der Waals surface area contributed by atoms with E-state index in [1.165, 1.54) is 12.1 Å². The van der Waals surface area contributed by atoms with Gasteiger partial charge in [-0.05, 0) is 60.7 Å². The number of aromatic nitrogens is 1. The van der Waals surface area contributed by atoms with Gasteiger partial charge in [0.05, 0.1) is 10.3 Å². The van der Waals surface area contributed by atoms with Crippen LogP contribution < -0.4 is 5.32 Å². The Morgan fingerprint density at radius 1 is 1.06 bits per heavy atom. The monoisotopic (exact) mass is 455 g/mol. The maximum atomic E-state index is 13.3. The maximum Gasteiger partial charge on any atom is 0.269 e. The first-order valence-electron chi connectivity index (χ1n) is 11.4. The van der Waals surface area contributed by atoms with Crippen LogP contribution in [0.3, 0.4) is 0 Å². The fourth-order valence-electron chi connectivity index (χ4n) is 4.81. The molecule has 1 aliphatic rings. The third-order valence-electron chi connectivity index (χ3n) is 6.72. The Balaban J connectivity index is 1.29. The van der Waals surface area contributed by atoms with Gasteiger partial charge < -0.3 is 9.73 Å². The van der Waals surface area contributed by atoms with Gasteiger partial charge in [0.1, 0.15) is 5.52 Å². The van der Waals surface area contributed by atoms with Crippen molar-refractivity contribution < 1.29 is 14.1 Å². The summed E-state index contributed by atoms with van der Waals surface area (Å²) in [5.74, 6) is 0.538. The molecule has 3 aromatic carbocycles. The molecule has 5 rings (SSSR count). The lowest BCUT2D eigenvalue weighted by molar-refractivity contribution is -0.384. The normalized spacial score (nSPS) is 14.9. The average Bonchev–Trinajstić information content (AvgIpc) is 3.51. The van der Waals surface area contributed by atoms with E-state index in [1.807, 2.05) is 49.4 Å². The standard InChI is InChI=1S/C27H25N3O4/c1-18-4-13-24-23(16-18)29-25(34-24)20-7-5-19(6-8-20)17-28-26(31)27(14-2-3-15-27)21-9-11-22(12-10-21)30(32)33/h4-13,16H,2-3,14-15,17H2,1H3,(H,28,31). The summed E-state index contributed by atoms with van der Waals surface area (Å²) in [5, 5.41) is 14.1. The predicted octanol–water partition coefficient (Wildman–Crippen LogP) is 5.84. The molecule has 1 amide bonds. The molecular weight excluding hydrogens is 430 g/mol. The minimum atomic E-state index is -0.634. The number of non-ortho nitro benzene ring substituents is 1. The van der Waals surface area contributed by atoms with Crippen LogP contribution >= 0.6 is 0 Å². The molecule has 0 bridgehead atoms. The number of hydrogen-bond acceptors (Lipinski definition) is 5. The van der Waals surface area contributed by atoms with E-state index in [9.17, 15) is 14.9 Å². The molecule has 0 unspecified atom stereocenters. The van der Waals surface area contributed by atoms with E-state index in [4.69, 9.17) is 4.42 Å². The molecule has 0 radical (unpaired) electrons. The molecule has 0 atom stereocenters. The van der Waals surface area contributed by atoms with Crippen LogP contribution in [0.5, 0.6) is 0 Å². The van der Waals surface area contributed by atoms with Crippen molar-refractivity contribution in [3.8, 4) is 11.5 Å². The van der Waals surface area contributed by atoms with E-state index in [0.29, 0.717) is 12.4 Å². The lowest BCUT2D eigenvalue weighted by atomic mass is 9.78. The van der Waals surface area contributed by atoms with Crippen molar-refractivity contribution >= 4 is 22.7 Å². The van der Waals surface area contributed by atoms with E-state index in [1.54, 1.807) is 12.1 Å². The van der Waals surface area contributed by atoms with Crippen LogP contribution in [0.2, 0.25) is 0 Å². The number of nitro benzene ring substituents is 1. The highest BCUT2D eigenvalue weighted by Gasteiger charge is 2.42. The average molecular weight is 456 g/mol. The molecule has 7 nitrogen and oxygen atoms in total. The van der Waals surface area contributed by atoms with Crippen LogP contribution in [-0.2, 0) is 16.8 Å². The van der Waals surface area contributed by atoms with E-state index in [-0.39, 0.29) is 11.6 Å². The van der Waals surface area contributed by atoms with Gasteiger partial charge >= 0.3 is 0 Å². The largest absolute Gasteiger partial charge is 0.436 e. The minimum Gasteiger partial charge on any atom is -0.436 e. The van der Waals surface area contributed by atoms with E-state index in [0.717, 1.165) is 59.0 Å². The second-order valence-electron chi connectivity index (χ2n) is 8.96. The third-order valence-corrected chi connectivity index (χ3v) is 6.72. The van der Waals surface area contributed by atoms with Crippen LogP contribution in [0.4, 0.5) is 5.69 Å². The highest BCUT2D eigenvalue weighted by atomic mass is 16.6. The van der Waals surface area contributed by atoms with Gasteiger partial charge in [0, 0.05) is 24.2 Å². The van der Waals surface area contributed by atoms with E-state index >= 15 is 0 Å². The smallest absolute Gasteiger partial charge is 0.269 e. The number of hydrogen-bond donors (Lipinski definition) is 1. The van der Waals surface area contributed by atoms with Crippen molar-refractivity contribution in [2.24, 2.45) is 0 Å². The van der Waals surface area contributed by atoms with Gasteiger partial charge in [0.15, 0.2) is 5.58 Å². The van der Waals surface area contributed by atoms with Gasteiger partial charge in [-0.2, -0.15) is 0 Å². The SMILES string of the molecule is Cc1ccc2oc(-c3ccc(CNC(=O)C4(c5ccc([N+](=O)[O-])cc5)CCCC4)cc3)nc2c1. The summed E-state index contributed by atoms with van der Waals surface area (Å²) in [6.45, 7) is 2.43. The first kappa shape index (κ1) is 21.8. The summed E-state index contributed by atoms with van der Waals surface area (Å²) in [6, 6.07) is 20.1. The molecule has 0 spiro atoms. The van der Waals surface area contributed by atoms with Crippen LogP contribution in [0.15, 0.2) is 71.1 Å². The molecular formula is C27H25N3O4. The Kier molecular flexibility index (Phi) is 5.61. The van der Waals surface area contributed by atoms with Gasteiger partial charge in [0.25, 0.3) is 5.69 Å². The lowest BCUT2D eigenvalue weighted by Crippen LogP contribution is -2.42. The number of fused-ring (bicyclic) bond motifs is 1. The zero-order valence-corrected chi connectivity index (χ0v) is 18.9. The number of nitrogens with zero attached hydrogens (tertiary/aromatic N) is 2. The molecule has 34 heavy (non-hydrogen) atoms. The van der Waals surface area contributed by atoms with Crippen molar-refractivity contribution in [3.05, 3.63) is 93.5 Å². The van der Waals surface area contributed by atoms with Gasteiger partial charge in [-0.1, -0.05) is 43.2 Å². The molecule has 1 fully saturated rings. The Bertz CT molecular complexity index is 1350. The number of oxazole rings is 1. The van der Waals surface area contributed by atoms with Crippen molar-refractivity contribution in [1.82, 2.24) is 10.3 Å². The molecule has 1 saturated carbocycles. The number of nitro groups is 1. The predicted molar refractivity (Wildman–Crippen MR) is 129 cm³/mol. The van der Waals surface area contributed by atoms with Gasteiger partial charge in [-0.3, -0.25) is 14.9 Å². The van der Waals surface area contributed by atoms with Crippen LogP contribution in [-0.4, -0.2) is 15.8 Å². The summed E-state index contributed by atoms with van der Waals surface area (Å²) in [4.78, 5) is 28.5. The lowest BCUT2D eigenvalue weighted by Gasteiger charge is -2.28. The second-order valence-corrected chi connectivity index (χ2v) is 8.96. The maximum absolute atomic E-state index is 13.3. The zero-order valence-electron chi connectivity index (χ0n) is 18.9. The fraction of sp³-hybridized carbons (Fsp3) is 0.259. The zero-order chi connectivity index (χ0) is 23.7. The minimum absolute atomic E-state index is 0.0303. The van der Waals surface area contributed by atoms with Crippen LogP contribution in [0.1, 0.15) is 42.4 Å². The number of benzene rings is 3. The molecule has 4 aromatic rings. The highest BCUT2D eigenvalue weighted by molar-refractivity contribution is 5.88. The molecule has 1 heterocycles. The quantitative estimate of drug-likeness (QED) is 0.291. The number of aryl methyl sites for hydroxylation is 1. The van der Waals surface area contributed by atoms with Gasteiger partial charge in [-0.15, -0.1) is 0 Å². The third kappa shape index (κ3) is 4.05. The van der Waals surface area contributed by atoms with E-state index in [2.05, 4.69) is 10.3 Å². The van der Waals surface area contributed by atoms with Crippen molar-refractivity contribution in [3.63, 3.8) is 0 Å². The first-order chi connectivity index (χ1) is 16.4. The molecule has 1 aliphatic carbocycles. The molecule has 0 aliphatic heterocycles. The molecule has 1 aromatic heterocycles. The van der Waals surface area contributed by atoms with Crippen LogP contribution in [0.25, 0.3) is 22.6 Å². The summed E-state index contributed by atoms with van der Waals surface area (Å²) in [5.41, 5.74) is 4.81. The second kappa shape index (κ2) is 8.74. The highest BCUT2D eigenvalue weighted by Crippen LogP contribution is 2.42. The summed E-state index contributed by atoms with van der Waals surface area (Å²) in [7, 11) is 0. The molecule has 7 heteroatoms. The van der Waals surface area contributed by atoms with Crippen molar-refractivity contribution in [1.29, 1.82) is 0 Å². The number of amides is 1. The van der Waals surface area contributed by atoms with Gasteiger partial charge in [-0.25, -0.2) is 4.98 Å². The van der Waals surface area contributed by atoms with Crippen LogP contribution in [0, 0.1) is 17.0 Å². The molecule has 0 saturated heterocycles. The number of nitrogens with one attached hydrogen (secondary N) is 1. The summed E-state index contributed by atoms with van der Waals surface area (Å²) < 4.78 is 5.88. The van der Waals surface area contributed by atoms with Crippen molar-refractivity contribution in [2.45, 2.75) is 44.6 Å².